The molecule has 108 valence electrons. The van der Waals surface area contributed by atoms with Gasteiger partial charge >= 0.3 is 0 Å². The summed E-state index contributed by atoms with van der Waals surface area (Å²) in [7, 11) is 0. The van der Waals surface area contributed by atoms with Gasteiger partial charge in [0.25, 0.3) is 5.91 Å². The van der Waals surface area contributed by atoms with Gasteiger partial charge in [0.2, 0.25) is 0 Å². The SMILES string of the molecule is Nc1cccc(NC(=O)C[NH+]2CCC(C(=O)[O-])CC2)c1. The van der Waals surface area contributed by atoms with Crippen LogP contribution in [0.1, 0.15) is 12.8 Å². The summed E-state index contributed by atoms with van der Waals surface area (Å²) in [6.45, 7) is 1.71. The second kappa shape index (κ2) is 6.38. The Labute approximate surface area is 117 Å². The fraction of sp³-hybridized carbons (Fsp3) is 0.429. The number of nitrogen functional groups attached to an aromatic ring is 1. The Bertz CT molecular complexity index is 496. The molecule has 1 aliphatic heterocycles. The van der Waals surface area contributed by atoms with E-state index in [0.29, 0.717) is 43.9 Å². The first-order valence-corrected chi connectivity index (χ1v) is 6.74. The van der Waals surface area contributed by atoms with Crippen molar-refractivity contribution in [3.8, 4) is 0 Å². The molecule has 0 aromatic heterocycles. The van der Waals surface area contributed by atoms with E-state index in [1.54, 1.807) is 24.3 Å². The number of amides is 1. The first-order chi connectivity index (χ1) is 9.54. The van der Waals surface area contributed by atoms with Gasteiger partial charge in [0.15, 0.2) is 6.54 Å². The van der Waals surface area contributed by atoms with E-state index in [1.165, 1.54) is 0 Å². The topological polar surface area (TPSA) is 99.7 Å². The van der Waals surface area contributed by atoms with E-state index >= 15 is 0 Å². The van der Waals surface area contributed by atoms with Crippen LogP contribution in [0.15, 0.2) is 24.3 Å². The van der Waals surface area contributed by atoms with Crippen molar-refractivity contribution in [1.82, 2.24) is 0 Å². The number of carbonyl (C=O) groups is 2. The molecular weight excluding hydrogens is 258 g/mol. The van der Waals surface area contributed by atoms with Crippen LogP contribution in [-0.4, -0.2) is 31.5 Å². The number of rotatable bonds is 4. The minimum atomic E-state index is -0.978. The third-order valence-corrected chi connectivity index (χ3v) is 3.61. The number of nitrogens with one attached hydrogen (secondary N) is 2. The number of quaternary nitrogens is 1. The molecule has 0 bridgehead atoms. The molecule has 1 heterocycles. The Hall–Kier alpha value is -2.08. The predicted molar refractivity (Wildman–Crippen MR) is 72.8 cm³/mol. The molecule has 0 spiro atoms. The van der Waals surface area contributed by atoms with Crippen LogP contribution in [0.2, 0.25) is 0 Å². The standard InChI is InChI=1S/C14H19N3O3/c15-11-2-1-3-12(8-11)16-13(18)9-17-6-4-10(5-7-17)14(19)20/h1-3,8,10H,4-7,9,15H2,(H,16,18)(H,19,20). The summed E-state index contributed by atoms with van der Waals surface area (Å²) in [4.78, 5) is 23.8. The summed E-state index contributed by atoms with van der Waals surface area (Å²) in [5.74, 6) is -1.43. The molecule has 0 aliphatic carbocycles. The van der Waals surface area contributed by atoms with Crippen molar-refractivity contribution < 1.29 is 19.6 Å². The summed E-state index contributed by atoms with van der Waals surface area (Å²) in [6.07, 6.45) is 1.15. The molecule has 1 aromatic rings. The zero-order valence-corrected chi connectivity index (χ0v) is 11.2. The van der Waals surface area contributed by atoms with Gasteiger partial charge in [-0.3, -0.25) is 4.79 Å². The molecule has 6 heteroatoms. The summed E-state index contributed by atoms with van der Waals surface area (Å²) >= 11 is 0. The maximum Gasteiger partial charge on any atom is 0.279 e. The number of carbonyl (C=O) groups excluding carboxylic acids is 2. The Morgan fingerprint density at radius 2 is 2.05 bits per heavy atom. The second-order valence-electron chi connectivity index (χ2n) is 5.19. The highest BCUT2D eigenvalue weighted by Crippen LogP contribution is 2.11. The Kier molecular flexibility index (Phi) is 4.57. The third-order valence-electron chi connectivity index (χ3n) is 3.61. The molecule has 2 rings (SSSR count). The summed E-state index contributed by atoms with van der Waals surface area (Å²) in [6, 6.07) is 7.02. The molecule has 0 unspecified atom stereocenters. The number of likely N-dealkylation sites (tertiary alicyclic amines) is 1. The van der Waals surface area contributed by atoms with Gasteiger partial charge in [-0.25, -0.2) is 0 Å². The Balaban J connectivity index is 1.80. The molecule has 1 amide bonds. The van der Waals surface area contributed by atoms with Crippen LogP contribution in [-0.2, 0) is 9.59 Å². The van der Waals surface area contributed by atoms with Crippen LogP contribution in [0.3, 0.4) is 0 Å². The number of benzene rings is 1. The zero-order valence-electron chi connectivity index (χ0n) is 11.2. The number of piperidine rings is 1. The lowest BCUT2D eigenvalue weighted by atomic mass is 9.97. The van der Waals surface area contributed by atoms with Crippen LogP contribution in [0.4, 0.5) is 11.4 Å². The molecule has 0 atom stereocenters. The largest absolute Gasteiger partial charge is 0.550 e. The zero-order chi connectivity index (χ0) is 14.5. The van der Waals surface area contributed by atoms with Crippen molar-refractivity contribution in [2.75, 3.05) is 30.7 Å². The van der Waals surface area contributed by atoms with Crippen molar-refractivity contribution in [1.29, 1.82) is 0 Å². The summed E-state index contributed by atoms with van der Waals surface area (Å²) < 4.78 is 0. The normalized spacial score (nSPS) is 22.2. The highest BCUT2D eigenvalue weighted by Gasteiger charge is 2.24. The number of carboxylic acid groups (broad SMARTS) is 1. The van der Waals surface area contributed by atoms with Crippen LogP contribution in [0, 0.1) is 5.92 Å². The van der Waals surface area contributed by atoms with Crippen LogP contribution >= 0.6 is 0 Å². The average Bonchev–Trinajstić information content (AvgIpc) is 2.39. The Morgan fingerprint density at radius 3 is 2.65 bits per heavy atom. The van der Waals surface area contributed by atoms with Crippen molar-refractivity contribution in [2.24, 2.45) is 5.92 Å². The predicted octanol–water partition coefficient (Wildman–Crippen LogP) is -1.75. The lowest BCUT2D eigenvalue weighted by Gasteiger charge is -2.29. The number of hydrogen-bond acceptors (Lipinski definition) is 4. The molecule has 1 fully saturated rings. The van der Waals surface area contributed by atoms with Gasteiger partial charge in [0, 0.05) is 36.1 Å². The highest BCUT2D eigenvalue weighted by atomic mass is 16.4. The molecule has 1 aliphatic rings. The molecule has 1 saturated heterocycles. The van der Waals surface area contributed by atoms with Crippen LogP contribution in [0.5, 0.6) is 0 Å². The Morgan fingerprint density at radius 1 is 1.35 bits per heavy atom. The molecular formula is C14H19N3O3. The fourth-order valence-electron chi connectivity index (χ4n) is 2.49. The van der Waals surface area contributed by atoms with E-state index in [1.807, 2.05) is 0 Å². The average molecular weight is 277 g/mol. The van der Waals surface area contributed by atoms with Crippen molar-refractivity contribution >= 4 is 23.3 Å². The maximum absolute atomic E-state index is 11.9. The molecule has 0 radical (unpaired) electrons. The van der Waals surface area contributed by atoms with Gasteiger partial charge < -0.3 is 25.9 Å². The van der Waals surface area contributed by atoms with Gasteiger partial charge in [-0.1, -0.05) is 6.07 Å². The van der Waals surface area contributed by atoms with Gasteiger partial charge in [-0.2, -0.15) is 0 Å². The van der Waals surface area contributed by atoms with E-state index in [9.17, 15) is 14.7 Å². The number of carboxylic acids is 1. The summed E-state index contributed by atoms with van der Waals surface area (Å²) in [5.41, 5.74) is 6.93. The first kappa shape index (κ1) is 14.3. The molecule has 4 N–H and O–H groups in total. The molecule has 20 heavy (non-hydrogen) atoms. The second-order valence-corrected chi connectivity index (χ2v) is 5.19. The number of aliphatic carboxylic acids is 1. The lowest BCUT2D eigenvalue weighted by molar-refractivity contribution is -0.897. The van der Waals surface area contributed by atoms with E-state index < -0.39 is 5.97 Å². The summed E-state index contributed by atoms with van der Waals surface area (Å²) in [5, 5.41) is 13.5. The van der Waals surface area contributed by atoms with Crippen molar-refractivity contribution in [3.63, 3.8) is 0 Å². The maximum atomic E-state index is 11.9. The first-order valence-electron chi connectivity index (χ1n) is 6.74. The highest BCUT2D eigenvalue weighted by molar-refractivity contribution is 5.91. The molecule has 6 nitrogen and oxygen atoms in total. The minimum Gasteiger partial charge on any atom is -0.550 e. The van der Waals surface area contributed by atoms with Crippen molar-refractivity contribution in [3.05, 3.63) is 24.3 Å². The van der Waals surface area contributed by atoms with Gasteiger partial charge in [-0.15, -0.1) is 0 Å². The van der Waals surface area contributed by atoms with E-state index in [0.717, 1.165) is 4.90 Å². The molecule has 0 saturated carbocycles. The van der Waals surface area contributed by atoms with Gasteiger partial charge in [-0.05, 0) is 18.2 Å². The number of nitrogens with two attached hydrogens (primary N) is 1. The van der Waals surface area contributed by atoms with Crippen LogP contribution in [0.25, 0.3) is 0 Å². The minimum absolute atomic E-state index is 0.0856. The molecule has 1 aromatic carbocycles. The quantitative estimate of drug-likeness (QED) is 0.568. The number of anilines is 2. The van der Waals surface area contributed by atoms with E-state index in [2.05, 4.69) is 5.32 Å². The van der Waals surface area contributed by atoms with Gasteiger partial charge in [0.1, 0.15) is 0 Å². The van der Waals surface area contributed by atoms with E-state index in [-0.39, 0.29) is 11.8 Å². The monoisotopic (exact) mass is 277 g/mol. The van der Waals surface area contributed by atoms with Gasteiger partial charge in [0.05, 0.1) is 13.1 Å². The van der Waals surface area contributed by atoms with Crippen molar-refractivity contribution in [2.45, 2.75) is 12.8 Å². The van der Waals surface area contributed by atoms with E-state index in [4.69, 9.17) is 5.73 Å². The number of hydrogen-bond donors (Lipinski definition) is 3. The lowest BCUT2D eigenvalue weighted by Crippen LogP contribution is -3.14. The third kappa shape index (κ3) is 3.96. The fourth-order valence-corrected chi connectivity index (χ4v) is 2.49. The van der Waals surface area contributed by atoms with Crippen LogP contribution < -0.4 is 21.1 Å². The smallest absolute Gasteiger partial charge is 0.279 e.